The Labute approximate surface area is 100 Å². The molecule has 1 saturated heterocycles. The Bertz CT molecular complexity index is 301. The summed E-state index contributed by atoms with van der Waals surface area (Å²) < 4.78 is 10.3. The van der Waals surface area contributed by atoms with Gasteiger partial charge in [-0.25, -0.2) is 4.79 Å². The molecular weight excluding hydrogens is 226 g/mol. The number of amides is 1. The van der Waals surface area contributed by atoms with Gasteiger partial charge in [0.05, 0.1) is 12.2 Å². The number of carbonyl (C=O) groups is 2. The van der Waals surface area contributed by atoms with E-state index >= 15 is 0 Å². The average Bonchev–Trinajstić information content (AvgIpc) is 2.63. The number of hydrogen-bond donors (Lipinski definition) is 2. The van der Waals surface area contributed by atoms with Crippen LogP contribution in [0, 0.1) is 0 Å². The van der Waals surface area contributed by atoms with Crippen LogP contribution < -0.4 is 5.32 Å². The molecule has 1 atom stereocenters. The molecule has 0 spiro atoms. The molecule has 1 heterocycles. The second kappa shape index (κ2) is 5.01. The van der Waals surface area contributed by atoms with Crippen molar-refractivity contribution >= 4 is 11.9 Å². The first-order chi connectivity index (χ1) is 7.75. The van der Waals surface area contributed by atoms with Gasteiger partial charge in [0.2, 0.25) is 5.91 Å². The summed E-state index contributed by atoms with van der Waals surface area (Å²) in [6.07, 6.45) is 0.281. The van der Waals surface area contributed by atoms with E-state index in [4.69, 9.17) is 14.6 Å². The number of carboxylic acid groups (broad SMARTS) is 1. The third kappa shape index (κ3) is 3.98. The van der Waals surface area contributed by atoms with Crippen LogP contribution in [0.5, 0.6) is 0 Å². The van der Waals surface area contributed by atoms with Crippen LogP contribution in [0.4, 0.5) is 0 Å². The number of carboxylic acids is 1. The number of carbonyl (C=O) groups excluding carboxylic acids is 1. The minimum atomic E-state index is -1.29. The minimum Gasteiger partial charge on any atom is -0.479 e. The number of rotatable bonds is 4. The lowest BCUT2D eigenvalue weighted by Gasteiger charge is -2.25. The average molecular weight is 245 g/mol. The van der Waals surface area contributed by atoms with Crippen molar-refractivity contribution in [2.75, 3.05) is 19.8 Å². The topological polar surface area (TPSA) is 84.9 Å². The fourth-order valence-electron chi connectivity index (χ4n) is 1.47. The highest BCUT2D eigenvalue weighted by atomic mass is 16.5. The molecule has 0 aromatic carbocycles. The lowest BCUT2D eigenvalue weighted by Crippen LogP contribution is -2.56. The lowest BCUT2D eigenvalue weighted by atomic mass is 9.99. The van der Waals surface area contributed by atoms with E-state index in [9.17, 15) is 9.59 Å². The van der Waals surface area contributed by atoms with Crippen LogP contribution in [-0.4, -0.2) is 47.9 Å². The zero-order valence-electron chi connectivity index (χ0n) is 10.4. The molecule has 0 aromatic heterocycles. The quantitative estimate of drug-likeness (QED) is 0.737. The normalized spacial score (nSPS) is 24.6. The Morgan fingerprint density at radius 1 is 1.47 bits per heavy atom. The first-order valence-electron chi connectivity index (χ1n) is 5.51. The van der Waals surface area contributed by atoms with Gasteiger partial charge in [-0.15, -0.1) is 0 Å². The number of aliphatic carboxylic acids is 1. The van der Waals surface area contributed by atoms with Gasteiger partial charge in [0.1, 0.15) is 6.61 Å². The second-order valence-electron chi connectivity index (χ2n) is 5.14. The zero-order valence-corrected chi connectivity index (χ0v) is 10.4. The molecule has 0 bridgehead atoms. The third-order valence-corrected chi connectivity index (χ3v) is 2.45. The van der Waals surface area contributed by atoms with Crippen molar-refractivity contribution in [1.29, 1.82) is 0 Å². The Kier molecular flexibility index (Phi) is 4.11. The van der Waals surface area contributed by atoms with E-state index in [1.807, 2.05) is 20.8 Å². The fourth-order valence-corrected chi connectivity index (χ4v) is 1.47. The SMILES string of the molecule is CC(C)(C)OCC(=O)NC1(C(=O)O)CCOC1. The molecule has 1 fully saturated rings. The van der Waals surface area contributed by atoms with Crippen molar-refractivity contribution in [3.8, 4) is 0 Å². The fraction of sp³-hybridized carbons (Fsp3) is 0.818. The van der Waals surface area contributed by atoms with Gasteiger partial charge >= 0.3 is 5.97 Å². The number of ether oxygens (including phenoxy) is 2. The summed E-state index contributed by atoms with van der Waals surface area (Å²) in [5.74, 6) is -1.51. The predicted molar refractivity (Wildman–Crippen MR) is 59.7 cm³/mol. The molecule has 6 heteroatoms. The maximum absolute atomic E-state index is 11.6. The molecule has 1 aliphatic rings. The summed E-state index contributed by atoms with van der Waals surface area (Å²) in [7, 11) is 0. The van der Waals surface area contributed by atoms with Crippen LogP contribution in [0.25, 0.3) is 0 Å². The summed E-state index contributed by atoms with van der Waals surface area (Å²) in [6.45, 7) is 5.67. The maximum atomic E-state index is 11.6. The zero-order chi connectivity index (χ0) is 13.1. The molecule has 17 heavy (non-hydrogen) atoms. The Morgan fingerprint density at radius 3 is 2.53 bits per heavy atom. The van der Waals surface area contributed by atoms with Gasteiger partial charge in [0.25, 0.3) is 0 Å². The Hall–Kier alpha value is -1.14. The van der Waals surface area contributed by atoms with Gasteiger partial charge < -0.3 is 19.9 Å². The van der Waals surface area contributed by atoms with Gasteiger partial charge in [-0.05, 0) is 20.8 Å². The molecule has 6 nitrogen and oxygen atoms in total. The first kappa shape index (κ1) is 13.9. The standard InChI is InChI=1S/C11H19NO5/c1-10(2,3)17-6-8(13)12-11(9(14)15)4-5-16-7-11/h4-7H2,1-3H3,(H,12,13)(H,14,15). The second-order valence-corrected chi connectivity index (χ2v) is 5.14. The van der Waals surface area contributed by atoms with Crippen molar-refractivity contribution in [2.45, 2.75) is 38.3 Å². The molecule has 98 valence electrons. The smallest absolute Gasteiger partial charge is 0.331 e. The van der Waals surface area contributed by atoms with Crippen molar-refractivity contribution < 1.29 is 24.2 Å². The maximum Gasteiger partial charge on any atom is 0.331 e. The summed E-state index contributed by atoms with van der Waals surface area (Å²) in [6, 6.07) is 0. The van der Waals surface area contributed by atoms with Gasteiger partial charge in [-0.2, -0.15) is 0 Å². The lowest BCUT2D eigenvalue weighted by molar-refractivity contribution is -0.149. The Balaban J connectivity index is 2.51. The van der Waals surface area contributed by atoms with Crippen LogP contribution in [0.15, 0.2) is 0 Å². The molecular formula is C11H19NO5. The third-order valence-electron chi connectivity index (χ3n) is 2.45. The number of hydrogen-bond acceptors (Lipinski definition) is 4. The summed E-state index contributed by atoms with van der Waals surface area (Å²) >= 11 is 0. The molecule has 1 aliphatic heterocycles. The number of nitrogens with one attached hydrogen (secondary N) is 1. The molecule has 0 saturated carbocycles. The molecule has 0 aromatic rings. The summed E-state index contributed by atoms with van der Waals surface area (Å²) in [5.41, 5.74) is -1.72. The van der Waals surface area contributed by atoms with Crippen molar-refractivity contribution in [1.82, 2.24) is 5.32 Å². The van der Waals surface area contributed by atoms with Crippen LogP contribution in [0.3, 0.4) is 0 Å². The van der Waals surface area contributed by atoms with Gasteiger partial charge in [0, 0.05) is 13.0 Å². The van der Waals surface area contributed by atoms with Gasteiger partial charge in [-0.1, -0.05) is 0 Å². The highest BCUT2D eigenvalue weighted by Crippen LogP contribution is 2.19. The largest absolute Gasteiger partial charge is 0.479 e. The minimum absolute atomic E-state index is 0.00356. The molecule has 2 N–H and O–H groups in total. The molecule has 1 amide bonds. The molecule has 0 aliphatic carbocycles. The van der Waals surface area contributed by atoms with Crippen molar-refractivity contribution in [2.24, 2.45) is 0 Å². The highest BCUT2D eigenvalue weighted by molar-refractivity contribution is 5.88. The first-order valence-corrected chi connectivity index (χ1v) is 5.51. The molecule has 1 rings (SSSR count). The van der Waals surface area contributed by atoms with E-state index in [0.29, 0.717) is 6.61 Å². The van der Waals surface area contributed by atoms with Crippen LogP contribution in [-0.2, 0) is 19.1 Å². The van der Waals surface area contributed by atoms with E-state index in [-0.39, 0.29) is 19.6 Å². The molecule has 0 radical (unpaired) electrons. The van der Waals surface area contributed by atoms with E-state index in [1.165, 1.54) is 0 Å². The van der Waals surface area contributed by atoms with Crippen LogP contribution in [0.1, 0.15) is 27.2 Å². The van der Waals surface area contributed by atoms with Crippen molar-refractivity contribution in [3.63, 3.8) is 0 Å². The highest BCUT2D eigenvalue weighted by Gasteiger charge is 2.43. The monoisotopic (exact) mass is 245 g/mol. The van der Waals surface area contributed by atoms with Crippen LogP contribution in [0.2, 0.25) is 0 Å². The van der Waals surface area contributed by atoms with Gasteiger partial charge in [0.15, 0.2) is 5.54 Å². The predicted octanol–water partition coefficient (Wildman–Crippen LogP) is 0.161. The van der Waals surface area contributed by atoms with Gasteiger partial charge in [-0.3, -0.25) is 4.79 Å². The van der Waals surface area contributed by atoms with E-state index in [1.54, 1.807) is 0 Å². The van der Waals surface area contributed by atoms with Crippen LogP contribution >= 0.6 is 0 Å². The van der Waals surface area contributed by atoms with E-state index < -0.39 is 23.0 Å². The van der Waals surface area contributed by atoms with E-state index in [0.717, 1.165) is 0 Å². The summed E-state index contributed by atoms with van der Waals surface area (Å²) in [5, 5.41) is 11.6. The van der Waals surface area contributed by atoms with Crippen molar-refractivity contribution in [3.05, 3.63) is 0 Å². The van der Waals surface area contributed by atoms with E-state index in [2.05, 4.69) is 5.32 Å². The Morgan fingerprint density at radius 2 is 2.12 bits per heavy atom. The summed E-state index contributed by atoms with van der Waals surface area (Å²) in [4.78, 5) is 22.7. The molecule has 1 unspecified atom stereocenters.